The van der Waals surface area contributed by atoms with E-state index in [2.05, 4.69) is 10.6 Å². The van der Waals surface area contributed by atoms with Crippen molar-refractivity contribution in [2.45, 2.75) is 25.4 Å². The SMILES string of the molecule is N=C1CCCCN1c1ccc(NC(=O)[C@H](OC(=O)Nc2ccc(Cl)cc2)c2ccccc2)cc1. The van der Waals surface area contributed by atoms with Gasteiger partial charge in [-0.25, -0.2) is 4.79 Å². The fourth-order valence-corrected chi connectivity index (χ4v) is 3.86. The first-order chi connectivity index (χ1) is 16.5. The molecule has 1 atom stereocenters. The zero-order chi connectivity index (χ0) is 23.9. The van der Waals surface area contributed by atoms with Gasteiger partial charge in [-0.2, -0.15) is 0 Å². The van der Waals surface area contributed by atoms with Crippen LogP contribution in [0.2, 0.25) is 5.02 Å². The Bertz CT molecular complexity index is 1150. The van der Waals surface area contributed by atoms with Crippen molar-refractivity contribution in [1.29, 1.82) is 5.41 Å². The number of carbonyl (C=O) groups is 2. The van der Waals surface area contributed by atoms with Crippen LogP contribution in [0, 0.1) is 5.41 Å². The van der Waals surface area contributed by atoms with E-state index >= 15 is 0 Å². The summed E-state index contributed by atoms with van der Waals surface area (Å²) in [5.74, 6) is 0.128. The van der Waals surface area contributed by atoms with E-state index in [1.165, 1.54) is 0 Å². The lowest BCUT2D eigenvalue weighted by molar-refractivity contribution is -0.124. The smallest absolute Gasteiger partial charge is 0.412 e. The fraction of sp³-hybridized carbons (Fsp3) is 0.192. The Morgan fingerprint density at radius 2 is 1.53 bits per heavy atom. The molecule has 1 aliphatic heterocycles. The van der Waals surface area contributed by atoms with Crippen molar-refractivity contribution in [2.24, 2.45) is 0 Å². The molecule has 34 heavy (non-hydrogen) atoms. The molecule has 0 spiro atoms. The van der Waals surface area contributed by atoms with Gasteiger partial charge in [-0.1, -0.05) is 41.9 Å². The average molecular weight is 477 g/mol. The molecular weight excluding hydrogens is 452 g/mol. The molecule has 3 N–H and O–H groups in total. The molecule has 1 heterocycles. The Balaban J connectivity index is 1.45. The van der Waals surface area contributed by atoms with Gasteiger partial charge in [-0.15, -0.1) is 0 Å². The van der Waals surface area contributed by atoms with E-state index in [0.29, 0.717) is 27.8 Å². The highest BCUT2D eigenvalue weighted by Crippen LogP contribution is 2.25. The van der Waals surface area contributed by atoms with Crippen LogP contribution in [-0.4, -0.2) is 24.4 Å². The third kappa shape index (κ3) is 5.94. The summed E-state index contributed by atoms with van der Waals surface area (Å²) in [6.45, 7) is 0.817. The predicted molar refractivity (Wildman–Crippen MR) is 135 cm³/mol. The topological polar surface area (TPSA) is 94.5 Å². The summed E-state index contributed by atoms with van der Waals surface area (Å²) in [4.78, 5) is 27.6. The van der Waals surface area contributed by atoms with Crippen LogP contribution in [0.5, 0.6) is 0 Å². The van der Waals surface area contributed by atoms with Crippen LogP contribution in [0.3, 0.4) is 0 Å². The third-order valence-corrected chi connectivity index (χ3v) is 5.73. The first-order valence-corrected chi connectivity index (χ1v) is 11.4. The molecule has 8 heteroatoms. The number of amides is 2. The van der Waals surface area contributed by atoms with Crippen molar-refractivity contribution in [3.63, 3.8) is 0 Å². The zero-order valence-corrected chi connectivity index (χ0v) is 19.2. The summed E-state index contributed by atoms with van der Waals surface area (Å²) in [7, 11) is 0. The first kappa shape index (κ1) is 23.3. The van der Waals surface area contributed by atoms with E-state index in [4.69, 9.17) is 21.7 Å². The lowest BCUT2D eigenvalue weighted by Crippen LogP contribution is -2.34. The number of ether oxygens (including phenoxy) is 1. The molecule has 174 valence electrons. The van der Waals surface area contributed by atoms with E-state index in [0.717, 1.165) is 31.5 Å². The van der Waals surface area contributed by atoms with Gasteiger partial charge in [0.1, 0.15) is 5.84 Å². The molecule has 7 nitrogen and oxygen atoms in total. The molecule has 0 aromatic heterocycles. The number of hydrogen-bond donors (Lipinski definition) is 3. The molecule has 0 radical (unpaired) electrons. The van der Waals surface area contributed by atoms with Gasteiger partial charge in [0.2, 0.25) is 6.10 Å². The largest absolute Gasteiger partial charge is 0.431 e. The summed E-state index contributed by atoms with van der Waals surface area (Å²) in [6.07, 6.45) is 0.950. The minimum Gasteiger partial charge on any atom is -0.431 e. The van der Waals surface area contributed by atoms with Gasteiger partial charge >= 0.3 is 6.09 Å². The molecule has 0 aliphatic carbocycles. The number of rotatable bonds is 6. The van der Waals surface area contributed by atoms with Gasteiger partial charge < -0.3 is 15.0 Å². The van der Waals surface area contributed by atoms with Gasteiger partial charge in [0.25, 0.3) is 5.91 Å². The summed E-state index contributed by atoms with van der Waals surface area (Å²) in [6, 6.07) is 22.7. The molecule has 0 unspecified atom stereocenters. The second kappa shape index (κ2) is 10.9. The summed E-state index contributed by atoms with van der Waals surface area (Å²) >= 11 is 5.88. The van der Waals surface area contributed by atoms with Gasteiger partial charge in [0.05, 0.1) is 0 Å². The van der Waals surface area contributed by atoms with Crippen molar-refractivity contribution in [3.05, 3.63) is 89.4 Å². The lowest BCUT2D eigenvalue weighted by Gasteiger charge is -2.29. The predicted octanol–water partition coefficient (Wildman–Crippen LogP) is 6.24. The Labute approximate surface area is 203 Å². The highest BCUT2D eigenvalue weighted by molar-refractivity contribution is 6.30. The standard InChI is InChI=1S/C26H25ClN4O3/c27-19-9-11-21(12-10-19)30-26(33)34-24(18-6-2-1-3-7-18)25(32)29-20-13-15-22(16-14-20)31-17-5-4-8-23(31)28/h1-3,6-7,9-16,24,28H,4-5,8,17H2,(H,29,32)(H,30,33)/t24-/m1/s1. The van der Waals surface area contributed by atoms with Gasteiger partial charge in [0.15, 0.2) is 0 Å². The van der Waals surface area contributed by atoms with E-state index in [-0.39, 0.29) is 0 Å². The number of benzene rings is 3. The van der Waals surface area contributed by atoms with Crippen LogP contribution < -0.4 is 15.5 Å². The number of nitrogens with one attached hydrogen (secondary N) is 3. The van der Waals surface area contributed by atoms with Gasteiger partial charge in [-0.05, 0) is 61.4 Å². The van der Waals surface area contributed by atoms with E-state index < -0.39 is 18.1 Å². The number of amidine groups is 1. The molecule has 1 saturated heterocycles. The number of piperidine rings is 1. The fourth-order valence-electron chi connectivity index (χ4n) is 3.74. The van der Waals surface area contributed by atoms with Crippen molar-refractivity contribution in [3.8, 4) is 0 Å². The minimum atomic E-state index is -1.15. The van der Waals surface area contributed by atoms with Gasteiger partial charge in [-0.3, -0.25) is 15.5 Å². The number of carbonyl (C=O) groups excluding carboxylic acids is 2. The second-order valence-corrected chi connectivity index (χ2v) is 8.36. The van der Waals surface area contributed by atoms with E-state index in [1.54, 1.807) is 60.7 Å². The summed E-state index contributed by atoms with van der Waals surface area (Å²) in [5, 5.41) is 14.1. The average Bonchev–Trinajstić information content (AvgIpc) is 2.85. The lowest BCUT2D eigenvalue weighted by atomic mass is 10.1. The maximum Gasteiger partial charge on any atom is 0.412 e. The van der Waals surface area contributed by atoms with Crippen molar-refractivity contribution in [2.75, 3.05) is 22.1 Å². The molecule has 2 amide bonds. The summed E-state index contributed by atoms with van der Waals surface area (Å²) < 4.78 is 5.51. The van der Waals surface area contributed by atoms with Crippen LogP contribution >= 0.6 is 11.6 Å². The maximum absolute atomic E-state index is 13.1. The van der Waals surface area contributed by atoms with Crippen LogP contribution in [0.4, 0.5) is 21.9 Å². The number of anilines is 3. The molecule has 0 saturated carbocycles. The van der Waals surface area contributed by atoms with Crippen LogP contribution in [0.1, 0.15) is 30.9 Å². The number of halogens is 1. The third-order valence-electron chi connectivity index (χ3n) is 5.47. The van der Waals surface area contributed by atoms with Gasteiger partial charge in [0, 0.05) is 40.6 Å². The molecule has 3 aromatic carbocycles. The zero-order valence-electron chi connectivity index (χ0n) is 18.5. The molecule has 3 aromatic rings. The molecule has 4 rings (SSSR count). The minimum absolute atomic E-state index is 0.476. The first-order valence-electron chi connectivity index (χ1n) is 11.0. The van der Waals surface area contributed by atoms with Crippen molar-refractivity contribution in [1.82, 2.24) is 0 Å². The quantitative estimate of drug-likeness (QED) is 0.392. The second-order valence-electron chi connectivity index (χ2n) is 7.92. The summed E-state index contributed by atoms with van der Waals surface area (Å²) in [5.41, 5.74) is 2.53. The van der Waals surface area contributed by atoms with E-state index in [1.807, 2.05) is 23.1 Å². The van der Waals surface area contributed by atoms with Crippen LogP contribution in [-0.2, 0) is 9.53 Å². The Morgan fingerprint density at radius 3 is 2.21 bits per heavy atom. The van der Waals surface area contributed by atoms with Crippen LogP contribution in [0.15, 0.2) is 78.9 Å². The maximum atomic E-state index is 13.1. The van der Waals surface area contributed by atoms with Crippen molar-refractivity contribution < 1.29 is 14.3 Å². The molecular formula is C26H25ClN4O3. The van der Waals surface area contributed by atoms with E-state index in [9.17, 15) is 9.59 Å². The molecule has 1 fully saturated rings. The number of hydrogen-bond acceptors (Lipinski definition) is 4. The number of nitrogens with zero attached hydrogens (tertiary/aromatic N) is 1. The normalized spacial score (nSPS) is 14.3. The highest BCUT2D eigenvalue weighted by atomic mass is 35.5. The highest BCUT2D eigenvalue weighted by Gasteiger charge is 2.25. The van der Waals surface area contributed by atoms with Crippen molar-refractivity contribution >= 4 is 46.5 Å². The Hall–Kier alpha value is -3.84. The Kier molecular flexibility index (Phi) is 7.44. The Morgan fingerprint density at radius 1 is 0.882 bits per heavy atom. The molecule has 0 bridgehead atoms. The molecule has 1 aliphatic rings. The van der Waals surface area contributed by atoms with Crippen LogP contribution in [0.25, 0.3) is 0 Å². The monoisotopic (exact) mass is 476 g/mol.